The first-order chi connectivity index (χ1) is 11.6. The molecule has 3 aromatic heterocycles. The molecule has 0 N–H and O–H groups in total. The fourth-order valence-electron chi connectivity index (χ4n) is 3.63. The van der Waals surface area contributed by atoms with E-state index in [0.717, 1.165) is 28.7 Å². The molecule has 0 radical (unpaired) electrons. The third kappa shape index (κ3) is 2.40. The molecule has 0 amide bonds. The molecule has 0 bridgehead atoms. The Morgan fingerprint density at radius 3 is 2.71 bits per heavy atom. The van der Waals surface area contributed by atoms with Gasteiger partial charge in [-0.1, -0.05) is 30.9 Å². The Balaban J connectivity index is 1.99. The van der Waals surface area contributed by atoms with E-state index in [1.165, 1.54) is 30.6 Å². The summed E-state index contributed by atoms with van der Waals surface area (Å²) in [7, 11) is 3.88. The number of hydrogen-bond acceptors (Lipinski definition) is 5. The minimum atomic E-state index is 0.0516. The first-order valence-corrected chi connectivity index (χ1v) is 9.42. The minimum absolute atomic E-state index is 0.0516. The van der Waals surface area contributed by atoms with Gasteiger partial charge in [0.15, 0.2) is 0 Å². The zero-order valence-corrected chi connectivity index (χ0v) is 15.3. The molecule has 1 saturated carbocycles. The van der Waals surface area contributed by atoms with Crippen LogP contribution in [0.2, 0.25) is 5.02 Å². The molecule has 0 atom stereocenters. The van der Waals surface area contributed by atoms with E-state index < -0.39 is 0 Å². The number of fused-ring (bicyclic) bond motifs is 3. The maximum Gasteiger partial charge on any atom is 0.271 e. The van der Waals surface area contributed by atoms with Crippen LogP contribution in [-0.4, -0.2) is 28.6 Å². The van der Waals surface area contributed by atoms with Gasteiger partial charge in [-0.3, -0.25) is 9.36 Å². The fraction of sp³-hybridized carbons (Fsp3) is 0.471. The molecule has 3 heterocycles. The number of aromatic nitrogens is 3. The number of anilines is 1. The van der Waals surface area contributed by atoms with Gasteiger partial charge in [0.2, 0.25) is 0 Å². The summed E-state index contributed by atoms with van der Waals surface area (Å²) in [5, 5.41) is 1.45. The van der Waals surface area contributed by atoms with E-state index in [0.29, 0.717) is 15.2 Å². The number of pyridine rings is 1. The number of nitrogens with zero attached hydrogens (tertiary/aromatic N) is 4. The Hall–Kier alpha value is -1.66. The summed E-state index contributed by atoms with van der Waals surface area (Å²) in [6.45, 7) is 0. The summed E-state index contributed by atoms with van der Waals surface area (Å²) in [6, 6.07) is 0.276. The highest BCUT2D eigenvalue weighted by Crippen LogP contribution is 2.39. The molecule has 1 aliphatic rings. The molecule has 5 nitrogen and oxygen atoms in total. The van der Waals surface area contributed by atoms with Crippen molar-refractivity contribution in [1.29, 1.82) is 0 Å². The number of rotatable bonds is 2. The lowest BCUT2D eigenvalue weighted by Crippen LogP contribution is -2.26. The van der Waals surface area contributed by atoms with Gasteiger partial charge < -0.3 is 4.90 Å². The molecule has 24 heavy (non-hydrogen) atoms. The van der Waals surface area contributed by atoms with E-state index in [9.17, 15) is 4.79 Å². The van der Waals surface area contributed by atoms with Crippen molar-refractivity contribution in [2.45, 2.75) is 38.1 Å². The van der Waals surface area contributed by atoms with Crippen molar-refractivity contribution in [3.8, 4) is 0 Å². The van der Waals surface area contributed by atoms with E-state index in [2.05, 4.69) is 9.97 Å². The van der Waals surface area contributed by atoms with Gasteiger partial charge in [0.1, 0.15) is 15.0 Å². The van der Waals surface area contributed by atoms with Gasteiger partial charge in [-0.15, -0.1) is 11.3 Å². The van der Waals surface area contributed by atoms with Gasteiger partial charge in [-0.25, -0.2) is 9.97 Å². The highest BCUT2D eigenvalue weighted by molar-refractivity contribution is 7.25. The van der Waals surface area contributed by atoms with Crippen LogP contribution in [0.4, 0.5) is 5.69 Å². The van der Waals surface area contributed by atoms with Gasteiger partial charge in [0.05, 0.1) is 22.4 Å². The average Bonchev–Trinajstić information content (AvgIpc) is 2.95. The quantitative estimate of drug-likeness (QED) is 0.684. The predicted molar refractivity (Wildman–Crippen MR) is 101 cm³/mol. The first-order valence-electron chi connectivity index (χ1n) is 8.23. The molecule has 3 aromatic rings. The second-order valence-corrected chi connectivity index (χ2v) is 7.96. The SMILES string of the molecule is CN(C)c1c(Cl)cnc2sc3c(=O)n(C4CCCCC4)cnc3c12. The second kappa shape index (κ2) is 6.01. The monoisotopic (exact) mass is 362 g/mol. The van der Waals surface area contributed by atoms with Crippen LogP contribution in [0.25, 0.3) is 20.4 Å². The molecule has 4 rings (SSSR count). The molecule has 0 saturated heterocycles. The lowest BCUT2D eigenvalue weighted by atomic mass is 9.95. The molecular formula is C17H19ClN4OS. The van der Waals surface area contributed by atoms with Crippen LogP contribution >= 0.6 is 22.9 Å². The van der Waals surface area contributed by atoms with Crippen molar-refractivity contribution < 1.29 is 0 Å². The molecule has 0 aromatic carbocycles. The summed E-state index contributed by atoms with van der Waals surface area (Å²) in [4.78, 5) is 24.8. The van der Waals surface area contributed by atoms with Gasteiger partial charge in [-0.05, 0) is 12.8 Å². The molecular weight excluding hydrogens is 344 g/mol. The second-order valence-electron chi connectivity index (χ2n) is 6.56. The summed E-state index contributed by atoms with van der Waals surface area (Å²) in [5.41, 5.74) is 1.64. The highest BCUT2D eigenvalue weighted by Gasteiger charge is 2.22. The van der Waals surface area contributed by atoms with Crippen LogP contribution in [-0.2, 0) is 0 Å². The lowest BCUT2D eigenvalue weighted by Gasteiger charge is -2.23. The van der Waals surface area contributed by atoms with E-state index >= 15 is 0 Å². The molecule has 126 valence electrons. The number of hydrogen-bond donors (Lipinski definition) is 0. The average molecular weight is 363 g/mol. The smallest absolute Gasteiger partial charge is 0.271 e. The van der Waals surface area contributed by atoms with Gasteiger partial charge in [0.25, 0.3) is 5.56 Å². The molecule has 1 fully saturated rings. The van der Waals surface area contributed by atoms with Gasteiger partial charge >= 0.3 is 0 Å². The highest BCUT2D eigenvalue weighted by atomic mass is 35.5. The molecule has 7 heteroatoms. The van der Waals surface area contributed by atoms with Crippen LogP contribution in [0.5, 0.6) is 0 Å². The van der Waals surface area contributed by atoms with Crippen LogP contribution < -0.4 is 10.5 Å². The largest absolute Gasteiger partial charge is 0.376 e. The van der Waals surface area contributed by atoms with Crippen molar-refractivity contribution in [1.82, 2.24) is 14.5 Å². The summed E-state index contributed by atoms with van der Waals surface area (Å²) < 4.78 is 2.50. The van der Waals surface area contributed by atoms with Crippen molar-refractivity contribution in [2.24, 2.45) is 0 Å². The van der Waals surface area contributed by atoms with Crippen molar-refractivity contribution in [3.05, 3.63) is 27.9 Å². The third-order valence-corrected chi connectivity index (χ3v) is 6.13. The van der Waals surface area contributed by atoms with Crippen LogP contribution in [0.3, 0.4) is 0 Å². The fourth-order valence-corrected chi connectivity index (χ4v) is 4.98. The van der Waals surface area contributed by atoms with Crippen LogP contribution in [0.1, 0.15) is 38.1 Å². The summed E-state index contributed by atoms with van der Waals surface area (Å²) >= 11 is 7.75. The number of thiophene rings is 1. The van der Waals surface area contributed by atoms with Crippen molar-refractivity contribution >= 4 is 49.1 Å². The van der Waals surface area contributed by atoms with Crippen LogP contribution in [0, 0.1) is 0 Å². The molecule has 0 aliphatic heterocycles. The topological polar surface area (TPSA) is 51.0 Å². The first kappa shape index (κ1) is 15.8. The van der Waals surface area contributed by atoms with E-state index in [4.69, 9.17) is 11.6 Å². The zero-order chi connectivity index (χ0) is 16.8. The third-order valence-electron chi connectivity index (χ3n) is 4.78. The normalized spacial score (nSPS) is 16.1. The Labute approximate surface area is 148 Å². The molecule has 0 spiro atoms. The minimum Gasteiger partial charge on any atom is -0.376 e. The molecule has 1 aliphatic carbocycles. The summed E-state index contributed by atoms with van der Waals surface area (Å²) in [6.07, 6.45) is 9.11. The van der Waals surface area contributed by atoms with Gasteiger partial charge in [-0.2, -0.15) is 0 Å². The lowest BCUT2D eigenvalue weighted by molar-refractivity contribution is 0.345. The maximum atomic E-state index is 13.0. The van der Waals surface area contributed by atoms with Crippen molar-refractivity contribution in [3.63, 3.8) is 0 Å². The Kier molecular flexibility index (Phi) is 3.96. The Morgan fingerprint density at radius 2 is 2.00 bits per heavy atom. The van der Waals surface area contributed by atoms with E-state index in [1.54, 1.807) is 12.5 Å². The summed E-state index contributed by atoms with van der Waals surface area (Å²) in [5.74, 6) is 0. The maximum absolute atomic E-state index is 13.0. The van der Waals surface area contributed by atoms with E-state index in [-0.39, 0.29) is 11.6 Å². The molecule has 0 unspecified atom stereocenters. The zero-order valence-electron chi connectivity index (χ0n) is 13.8. The van der Waals surface area contributed by atoms with Crippen molar-refractivity contribution in [2.75, 3.05) is 19.0 Å². The predicted octanol–water partition coefficient (Wildman–Crippen LogP) is 4.23. The number of halogens is 1. The standard InChI is InChI=1S/C17H19ClN4OS/c1-21(2)14-11(18)8-19-16-12(14)13-15(24-16)17(23)22(9-20-13)10-6-4-3-5-7-10/h8-10H,3-7H2,1-2H3. The Morgan fingerprint density at radius 1 is 1.25 bits per heavy atom. The van der Waals surface area contributed by atoms with Gasteiger partial charge in [0, 0.05) is 26.3 Å². The van der Waals surface area contributed by atoms with Crippen LogP contribution in [0.15, 0.2) is 17.3 Å². The Bertz CT molecular complexity index is 972. The van der Waals surface area contributed by atoms with E-state index in [1.807, 2.05) is 23.6 Å².